The Kier molecular flexibility index (Phi) is 2.96. The predicted octanol–water partition coefficient (Wildman–Crippen LogP) is 3.02. The van der Waals surface area contributed by atoms with Gasteiger partial charge in [-0.3, -0.25) is 5.10 Å². The van der Waals surface area contributed by atoms with Gasteiger partial charge in [-0.05, 0) is 18.8 Å². The van der Waals surface area contributed by atoms with E-state index < -0.39 is 0 Å². The van der Waals surface area contributed by atoms with Crippen LogP contribution >= 0.6 is 0 Å². The Labute approximate surface area is 140 Å². The molecule has 0 saturated heterocycles. The van der Waals surface area contributed by atoms with Gasteiger partial charge in [0.1, 0.15) is 5.82 Å². The molecule has 0 amide bonds. The average Bonchev–Trinajstić information content (AvgIpc) is 3.17. The van der Waals surface area contributed by atoms with E-state index in [4.69, 9.17) is 4.98 Å². The van der Waals surface area contributed by atoms with E-state index in [1.165, 1.54) is 29.8 Å². The third-order valence-electron chi connectivity index (χ3n) is 5.21. The third kappa shape index (κ3) is 2.12. The first-order valence-electron chi connectivity index (χ1n) is 8.86. The van der Waals surface area contributed by atoms with E-state index in [1.54, 1.807) is 0 Å². The molecule has 1 fully saturated rings. The Morgan fingerprint density at radius 1 is 1.29 bits per heavy atom. The standard InChI is InChI=1S/C18H22N6/c1-11(2)15-9-17(24-16(20-15)5-7-19-24)23-8-6-14-13(10-23)18(22-21-14)12-3-4-12/h5,7,9,11-12H,3-4,6,8,10H2,1-2H3,(H,21,22). The number of nitrogens with zero attached hydrogens (tertiary/aromatic N) is 5. The molecule has 1 N–H and O–H groups in total. The predicted molar refractivity (Wildman–Crippen MR) is 92.4 cm³/mol. The summed E-state index contributed by atoms with van der Waals surface area (Å²) in [5, 5.41) is 12.4. The average molecular weight is 322 g/mol. The molecule has 0 aromatic carbocycles. The molecule has 0 spiro atoms. The van der Waals surface area contributed by atoms with Crippen molar-refractivity contribution in [1.29, 1.82) is 0 Å². The van der Waals surface area contributed by atoms with Gasteiger partial charge in [-0.15, -0.1) is 0 Å². The smallest absolute Gasteiger partial charge is 0.157 e. The molecule has 0 bridgehead atoms. The molecular weight excluding hydrogens is 300 g/mol. The molecule has 1 saturated carbocycles. The summed E-state index contributed by atoms with van der Waals surface area (Å²) in [4.78, 5) is 7.16. The van der Waals surface area contributed by atoms with Crippen LogP contribution in [0.1, 0.15) is 61.2 Å². The number of aromatic amines is 1. The topological polar surface area (TPSA) is 62.1 Å². The number of aromatic nitrogens is 5. The molecule has 2 aliphatic rings. The van der Waals surface area contributed by atoms with Crippen molar-refractivity contribution in [2.45, 2.75) is 51.5 Å². The maximum atomic E-state index is 4.74. The van der Waals surface area contributed by atoms with E-state index in [1.807, 2.05) is 16.8 Å². The van der Waals surface area contributed by atoms with Crippen molar-refractivity contribution in [2.75, 3.05) is 11.4 Å². The van der Waals surface area contributed by atoms with Crippen molar-refractivity contribution < 1.29 is 0 Å². The molecule has 0 unspecified atom stereocenters. The molecule has 0 atom stereocenters. The molecule has 1 aliphatic heterocycles. The van der Waals surface area contributed by atoms with Crippen LogP contribution in [-0.2, 0) is 13.0 Å². The first kappa shape index (κ1) is 14.0. The van der Waals surface area contributed by atoms with E-state index in [2.05, 4.69) is 40.1 Å². The quantitative estimate of drug-likeness (QED) is 0.805. The normalized spacial score (nSPS) is 17.7. The van der Waals surface area contributed by atoms with Crippen LogP contribution in [0.2, 0.25) is 0 Å². The van der Waals surface area contributed by atoms with Gasteiger partial charge in [-0.1, -0.05) is 13.8 Å². The first-order valence-corrected chi connectivity index (χ1v) is 8.86. The van der Waals surface area contributed by atoms with E-state index in [0.29, 0.717) is 11.8 Å². The molecule has 5 rings (SSSR count). The molecule has 124 valence electrons. The summed E-state index contributed by atoms with van der Waals surface area (Å²) in [6.45, 7) is 6.27. The molecule has 0 radical (unpaired) electrons. The van der Waals surface area contributed by atoms with Gasteiger partial charge < -0.3 is 4.90 Å². The van der Waals surface area contributed by atoms with Gasteiger partial charge in [-0.2, -0.15) is 14.7 Å². The highest BCUT2D eigenvalue weighted by molar-refractivity contribution is 5.53. The summed E-state index contributed by atoms with van der Waals surface area (Å²) >= 11 is 0. The molecule has 3 aromatic heterocycles. The van der Waals surface area contributed by atoms with Crippen molar-refractivity contribution in [1.82, 2.24) is 24.8 Å². The van der Waals surface area contributed by atoms with Crippen LogP contribution in [-0.4, -0.2) is 31.3 Å². The highest BCUT2D eigenvalue weighted by Crippen LogP contribution is 2.42. The van der Waals surface area contributed by atoms with Crippen molar-refractivity contribution >= 4 is 11.5 Å². The lowest BCUT2D eigenvalue weighted by Crippen LogP contribution is -2.32. The summed E-state index contributed by atoms with van der Waals surface area (Å²) in [6, 6.07) is 4.19. The third-order valence-corrected chi connectivity index (χ3v) is 5.21. The van der Waals surface area contributed by atoms with Crippen molar-refractivity contribution in [2.24, 2.45) is 0 Å². The molecule has 6 heteroatoms. The fourth-order valence-electron chi connectivity index (χ4n) is 3.64. The Bertz CT molecular complexity index is 902. The summed E-state index contributed by atoms with van der Waals surface area (Å²) in [7, 11) is 0. The van der Waals surface area contributed by atoms with Crippen molar-refractivity contribution in [3.05, 3.63) is 41.0 Å². The number of hydrogen-bond acceptors (Lipinski definition) is 4. The van der Waals surface area contributed by atoms with Crippen molar-refractivity contribution in [3.63, 3.8) is 0 Å². The van der Waals surface area contributed by atoms with Crippen LogP contribution in [0, 0.1) is 0 Å². The van der Waals surface area contributed by atoms with Gasteiger partial charge in [-0.25, -0.2) is 4.98 Å². The molecule has 24 heavy (non-hydrogen) atoms. The second-order valence-electron chi connectivity index (χ2n) is 7.31. The molecule has 3 aromatic rings. The number of H-pyrrole nitrogens is 1. The molecular formula is C18H22N6. The lowest BCUT2D eigenvalue weighted by atomic mass is 10.0. The van der Waals surface area contributed by atoms with Crippen LogP contribution in [0.5, 0.6) is 0 Å². The Morgan fingerprint density at radius 2 is 2.17 bits per heavy atom. The molecule has 4 heterocycles. The summed E-state index contributed by atoms with van der Waals surface area (Å²) in [5.74, 6) is 2.22. The first-order chi connectivity index (χ1) is 11.7. The fourth-order valence-corrected chi connectivity index (χ4v) is 3.64. The second kappa shape index (κ2) is 5.06. The van der Waals surface area contributed by atoms with Gasteiger partial charge in [0, 0.05) is 54.5 Å². The number of nitrogens with one attached hydrogen (secondary N) is 1. The Balaban J connectivity index is 1.58. The van der Waals surface area contributed by atoms with E-state index in [-0.39, 0.29) is 0 Å². The van der Waals surface area contributed by atoms with Crippen LogP contribution in [0.3, 0.4) is 0 Å². The van der Waals surface area contributed by atoms with Gasteiger partial charge >= 0.3 is 0 Å². The van der Waals surface area contributed by atoms with Gasteiger partial charge in [0.15, 0.2) is 5.65 Å². The minimum Gasteiger partial charge on any atom is -0.352 e. The number of anilines is 1. The van der Waals surface area contributed by atoms with Gasteiger partial charge in [0.25, 0.3) is 0 Å². The Hall–Kier alpha value is -2.37. The van der Waals surface area contributed by atoms with Gasteiger partial charge in [0.05, 0.1) is 11.9 Å². The maximum absolute atomic E-state index is 4.74. The zero-order chi connectivity index (χ0) is 16.3. The highest BCUT2D eigenvalue weighted by atomic mass is 15.3. The largest absolute Gasteiger partial charge is 0.352 e. The lowest BCUT2D eigenvalue weighted by Gasteiger charge is -2.29. The lowest BCUT2D eigenvalue weighted by molar-refractivity contribution is 0.686. The van der Waals surface area contributed by atoms with Crippen LogP contribution in [0.15, 0.2) is 18.3 Å². The molecule has 1 aliphatic carbocycles. The monoisotopic (exact) mass is 322 g/mol. The van der Waals surface area contributed by atoms with Crippen LogP contribution in [0.4, 0.5) is 5.82 Å². The summed E-state index contributed by atoms with van der Waals surface area (Å²) < 4.78 is 1.97. The fraction of sp³-hybridized carbons (Fsp3) is 0.500. The van der Waals surface area contributed by atoms with Crippen molar-refractivity contribution in [3.8, 4) is 0 Å². The zero-order valence-electron chi connectivity index (χ0n) is 14.2. The SMILES string of the molecule is CC(C)c1cc(N2CCc3[nH]nc(C4CC4)c3C2)n2nccc2n1. The highest BCUT2D eigenvalue weighted by Gasteiger charge is 2.32. The summed E-state index contributed by atoms with van der Waals surface area (Å²) in [6.07, 6.45) is 5.41. The minimum absolute atomic E-state index is 0.403. The zero-order valence-corrected chi connectivity index (χ0v) is 14.2. The Morgan fingerprint density at radius 3 is 2.96 bits per heavy atom. The van der Waals surface area contributed by atoms with Crippen LogP contribution in [0.25, 0.3) is 5.65 Å². The van der Waals surface area contributed by atoms with E-state index in [9.17, 15) is 0 Å². The second-order valence-corrected chi connectivity index (χ2v) is 7.31. The number of hydrogen-bond donors (Lipinski definition) is 1. The maximum Gasteiger partial charge on any atom is 0.157 e. The number of fused-ring (bicyclic) bond motifs is 2. The van der Waals surface area contributed by atoms with Crippen LogP contribution < -0.4 is 4.90 Å². The minimum atomic E-state index is 0.403. The molecule has 6 nitrogen and oxygen atoms in total. The van der Waals surface area contributed by atoms with E-state index >= 15 is 0 Å². The number of rotatable bonds is 3. The van der Waals surface area contributed by atoms with Gasteiger partial charge in [0.2, 0.25) is 0 Å². The summed E-state index contributed by atoms with van der Waals surface area (Å²) in [5.41, 5.74) is 6.08. The van der Waals surface area contributed by atoms with E-state index in [0.717, 1.165) is 36.7 Å².